The predicted molar refractivity (Wildman–Crippen MR) is 66.2 cm³/mol. The summed E-state index contributed by atoms with van der Waals surface area (Å²) in [7, 11) is 0. The normalized spacial score (nSPS) is 16.2. The van der Waals surface area contributed by atoms with Gasteiger partial charge in [-0.3, -0.25) is 0 Å². The molecule has 0 heterocycles. The second kappa shape index (κ2) is 8.91. The van der Waals surface area contributed by atoms with Crippen LogP contribution in [-0.4, -0.2) is 60.5 Å². The number of aliphatic carboxylic acids is 2. The van der Waals surface area contributed by atoms with Gasteiger partial charge in [-0.15, -0.1) is 0 Å². The summed E-state index contributed by atoms with van der Waals surface area (Å²) in [6.45, 7) is 1.98. The minimum atomic E-state index is -1.00. The van der Waals surface area contributed by atoms with E-state index in [0.717, 1.165) is 12.8 Å². The van der Waals surface area contributed by atoms with Crippen LogP contribution < -0.4 is 11.5 Å². The van der Waals surface area contributed by atoms with Crippen LogP contribution in [0.15, 0.2) is 0 Å². The molecule has 0 fully saturated rings. The molecule has 0 aliphatic heterocycles. The predicted octanol–water partition coefficient (Wildman–Crippen LogP) is -0.859. The Hall–Kier alpha value is -0.101. The zero-order chi connectivity index (χ0) is 13.4. The van der Waals surface area contributed by atoms with Crippen LogP contribution >= 0.6 is 0 Å². The standard InChI is InChI=1S/C9H18N2O4Se2/c1-2-3-6(7(11)9(14)15)17-16-4-5(10)8(12)13/h5-7H,2-4,10-11H2,1H3,(H,12,13)(H,14,15)/t5-,6?,7-/m0/s1. The van der Waals surface area contributed by atoms with Gasteiger partial charge < -0.3 is 0 Å². The molecular weight excluding hydrogens is 358 g/mol. The third kappa shape index (κ3) is 7.03. The Balaban J connectivity index is 4.09. The van der Waals surface area contributed by atoms with E-state index in [1.54, 1.807) is 0 Å². The van der Waals surface area contributed by atoms with Crippen LogP contribution in [0.5, 0.6) is 0 Å². The van der Waals surface area contributed by atoms with E-state index in [9.17, 15) is 9.59 Å². The number of carboxylic acids is 2. The molecule has 0 radical (unpaired) electrons. The van der Waals surface area contributed by atoms with Crippen molar-refractivity contribution in [2.24, 2.45) is 11.5 Å². The molecule has 3 atom stereocenters. The first-order valence-corrected chi connectivity index (χ1v) is 11.7. The van der Waals surface area contributed by atoms with Gasteiger partial charge in [0.25, 0.3) is 0 Å². The second-order valence-corrected chi connectivity index (χ2v) is 11.1. The maximum atomic E-state index is 10.8. The van der Waals surface area contributed by atoms with E-state index in [-0.39, 0.29) is 31.1 Å². The molecule has 0 bridgehead atoms. The molecule has 1 unspecified atom stereocenters. The summed E-state index contributed by atoms with van der Waals surface area (Å²) in [5.41, 5.74) is 11.0. The van der Waals surface area contributed by atoms with Gasteiger partial charge in [0.2, 0.25) is 0 Å². The maximum absolute atomic E-state index is 10.8. The molecule has 0 saturated carbocycles. The first-order valence-electron chi connectivity index (χ1n) is 5.15. The van der Waals surface area contributed by atoms with E-state index >= 15 is 0 Å². The van der Waals surface area contributed by atoms with Crippen molar-refractivity contribution in [2.45, 2.75) is 42.0 Å². The number of hydrogen-bond acceptors (Lipinski definition) is 4. The molecule has 0 saturated heterocycles. The van der Waals surface area contributed by atoms with Crippen molar-refractivity contribution in [3.05, 3.63) is 0 Å². The van der Waals surface area contributed by atoms with Crippen molar-refractivity contribution >= 4 is 38.2 Å². The Morgan fingerprint density at radius 3 is 2.24 bits per heavy atom. The fourth-order valence-electron chi connectivity index (χ4n) is 1.00. The molecule has 17 heavy (non-hydrogen) atoms. The van der Waals surface area contributed by atoms with Gasteiger partial charge in [0.15, 0.2) is 0 Å². The summed E-state index contributed by atoms with van der Waals surface area (Å²) in [5.74, 6) is -1.99. The molecule has 0 aromatic rings. The summed E-state index contributed by atoms with van der Waals surface area (Å²) in [6.07, 6.45) is 1.66. The number of rotatable bonds is 9. The second-order valence-electron chi connectivity index (χ2n) is 3.52. The van der Waals surface area contributed by atoms with Crippen LogP contribution in [0.4, 0.5) is 0 Å². The molecule has 0 aliphatic carbocycles. The fraction of sp³-hybridized carbons (Fsp3) is 0.778. The average Bonchev–Trinajstić information content (AvgIpc) is 2.26. The fourth-order valence-corrected chi connectivity index (χ4v) is 10.0. The summed E-state index contributed by atoms with van der Waals surface area (Å²) in [5, 5.41) is 17.9. The van der Waals surface area contributed by atoms with Gasteiger partial charge in [0, 0.05) is 0 Å². The topological polar surface area (TPSA) is 127 Å². The van der Waals surface area contributed by atoms with Crippen LogP contribution in [0.3, 0.4) is 0 Å². The molecule has 0 aliphatic rings. The van der Waals surface area contributed by atoms with Gasteiger partial charge in [0.1, 0.15) is 0 Å². The number of carbonyl (C=O) groups is 2. The van der Waals surface area contributed by atoms with E-state index in [4.69, 9.17) is 21.7 Å². The summed E-state index contributed by atoms with van der Waals surface area (Å²) in [4.78, 5) is 21.3. The van der Waals surface area contributed by atoms with Gasteiger partial charge >= 0.3 is 111 Å². The Labute approximate surface area is 111 Å². The summed E-state index contributed by atoms with van der Waals surface area (Å²) >= 11 is 0.158. The molecule has 0 amide bonds. The van der Waals surface area contributed by atoms with Crippen LogP contribution in [0.1, 0.15) is 19.8 Å². The Kier molecular flexibility index (Phi) is 8.86. The van der Waals surface area contributed by atoms with E-state index in [0.29, 0.717) is 5.32 Å². The number of hydrogen-bond donors (Lipinski definition) is 4. The monoisotopic (exact) mass is 378 g/mol. The van der Waals surface area contributed by atoms with Crippen LogP contribution in [0.25, 0.3) is 0 Å². The van der Waals surface area contributed by atoms with Crippen molar-refractivity contribution in [3.63, 3.8) is 0 Å². The van der Waals surface area contributed by atoms with Crippen molar-refractivity contribution in [1.29, 1.82) is 0 Å². The van der Waals surface area contributed by atoms with E-state index < -0.39 is 24.0 Å². The zero-order valence-electron chi connectivity index (χ0n) is 9.54. The molecular formula is C9H18N2O4Se2. The zero-order valence-corrected chi connectivity index (χ0v) is 13.0. The van der Waals surface area contributed by atoms with Crippen LogP contribution in [0.2, 0.25) is 10.1 Å². The molecule has 6 N–H and O–H groups in total. The Bertz CT molecular complexity index is 265. The molecule has 0 spiro atoms. The third-order valence-corrected chi connectivity index (χ3v) is 10.6. The van der Waals surface area contributed by atoms with Crippen molar-refractivity contribution in [1.82, 2.24) is 0 Å². The van der Waals surface area contributed by atoms with Crippen molar-refractivity contribution in [3.8, 4) is 0 Å². The molecule has 0 aromatic carbocycles. The first-order chi connectivity index (χ1) is 7.90. The molecule has 0 rings (SSSR count). The Morgan fingerprint density at radius 1 is 1.24 bits per heavy atom. The Morgan fingerprint density at radius 2 is 1.82 bits per heavy atom. The SMILES string of the molecule is CCCC([Se][Se]C[C@H](N)C(=O)O)[C@H](N)C(=O)O. The van der Waals surface area contributed by atoms with Gasteiger partial charge in [0.05, 0.1) is 0 Å². The minimum absolute atomic E-state index is 0.0222. The molecule has 6 nitrogen and oxygen atoms in total. The molecule has 100 valence electrons. The quantitative estimate of drug-likeness (QED) is 0.388. The van der Waals surface area contributed by atoms with Gasteiger partial charge in [-0.2, -0.15) is 0 Å². The van der Waals surface area contributed by atoms with Crippen molar-refractivity contribution < 1.29 is 19.8 Å². The van der Waals surface area contributed by atoms with Crippen LogP contribution in [-0.2, 0) is 9.59 Å². The third-order valence-electron chi connectivity index (χ3n) is 2.02. The first kappa shape index (κ1) is 16.9. The summed E-state index contributed by atoms with van der Waals surface area (Å²) < 4.78 is 0. The van der Waals surface area contributed by atoms with Crippen LogP contribution in [0, 0.1) is 0 Å². The van der Waals surface area contributed by atoms with Gasteiger partial charge in [-0.05, 0) is 0 Å². The molecule has 8 heteroatoms. The van der Waals surface area contributed by atoms with E-state index in [2.05, 4.69) is 0 Å². The summed E-state index contributed by atoms with van der Waals surface area (Å²) in [6, 6.07) is -1.67. The van der Waals surface area contributed by atoms with E-state index in [1.165, 1.54) is 0 Å². The van der Waals surface area contributed by atoms with Gasteiger partial charge in [-0.1, -0.05) is 0 Å². The average molecular weight is 376 g/mol. The van der Waals surface area contributed by atoms with Crippen molar-refractivity contribution in [2.75, 3.05) is 0 Å². The van der Waals surface area contributed by atoms with E-state index in [1.807, 2.05) is 6.92 Å². The molecule has 0 aromatic heterocycles. The number of carboxylic acid groups (broad SMARTS) is 2. The van der Waals surface area contributed by atoms with Gasteiger partial charge in [-0.25, -0.2) is 0 Å². The number of nitrogens with two attached hydrogens (primary N) is 2.